The van der Waals surface area contributed by atoms with Gasteiger partial charge in [0.1, 0.15) is 6.17 Å². The number of benzene rings is 1. The van der Waals surface area contributed by atoms with E-state index in [2.05, 4.69) is 36.1 Å². The van der Waals surface area contributed by atoms with Gasteiger partial charge < -0.3 is 9.80 Å². The molecule has 0 spiro atoms. The molecule has 0 radical (unpaired) electrons. The van der Waals surface area contributed by atoms with Crippen LogP contribution in [0.3, 0.4) is 0 Å². The molecule has 0 saturated carbocycles. The normalized spacial score (nSPS) is 21.1. The van der Waals surface area contributed by atoms with Crippen molar-refractivity contribution in [2.45, 2.75) is 38.8 Å². The number of amides is 1. The Kier molecular flexibility index (Phi) is 2.98. The van der Waals surface area contributed by atoms with Gasteiger partial charge in [0.15, 0.2) is 0 Å². The van der Waals surface area contributed by atoms with Gasteiger partial charge in [-0.15, -0.1) is 0 Å². The third-order valence-electron chi connectivity index (χ3n) is 4.16. The summed E-state index contributed by atoms with van der Waals surface area (Å²) in [5.74, 6) is 0.311. The predicted molar refractivity (Wildman–Crippen MR) is 72.5 cm³/mol. The molecule has 3 rings (SSSR count). The number of hydrogen-bond acceptors (Lipinski definition) is 2. The molecule has 3 nitrogen and oxygen atoms in total. The van der Waals surface area contributed by atoms with Crippen LogP contribution in [0.15, 0.2) is 24.3 Å². The van der Waals surface area contributed by atoms with Gasteiger partial charge in [0.2, 0.25) is 5.91 Å². The minimum atomic E-state index is 0.196. The van der Waals surface area contributed by atoms with E-state index >= 15 is 0 Å². The van der Waals surface area contributed by atoms with Gasteiger partial charge in [-0.3, -0.25) is 4.79 Å². The highest BCUT2D eigenvalue weighted by Crippen LogP contribution is 2.30. The Morgan fingerprint density at radius 1 is 1.06 bits per heavy atom. The lowest BCUT2D eigenvalue weighted by atomic mass is 10.0. The minimum absolute atomic E-state index is 0.196. The van der Waals surface area contributed by atoms with Crippen LogP contribution in [0.1, 0.15) is 31.7 Å². The van der Waals surface area contributed by atoms with Crippen molar-refractivity contribution in [3.8, 4) is 0 Å². The summed E-state index contributed by atoms with van der Waals surface area (Å²) in [7, 11) is 0. The second-order valence-corrected chi connectivity index (χ2v) is 5.25. The lowest BCUT2D eigenvalue weighted by Crippen LogP contribution is -2.49. The molecular weight excluding hydrogens is 224 g/mol. The zero-order chi connectivity index (χ0) is 12.5. The van der Waals surface area contributed by atoms with Crippen LogP contribution < -0.4 is 4.90 Å². The quantitative estimate of drug-likeness (QED) is 0.797. The first kappa shape index (κ1) is 11.6. The number of para-hydroxylation sites is 1. The fourth-order valence-electron chi connectivity index (χ4n) is 3.18. The number of anilines is 1. The van der Waals surface area contributed by atoms with Gasteiger partial charge in [-0.25, -0.2) is 0 Å². The van der Waals surface area contributed by atoms with Crippen molar-refractivity contribution in [1.29, 1.82) is 0 Å². The monoisotopic (exact) mass is 244 g/mol. The molecule has 3 heteroatoms. The Balaban J connectivity index is 1.87. The SMILES string of the molecule is CC(N1CCCC1=O)N1CCCc2ccccc21. The summed E-state index contributed by atoms with van der Waals surface area (Å²) >= 11 is 0. The maximum atomic E-state index is 11.9. The molecule has 0 N–H and O–H groups in total. The number of hydrogen-bond donors (Lipinski definition) is 0. The van der Waals surface area contributed by atoms with Crippen LogP contribution in [0, 0.1) is 0 Å². The summed E-state index contributed by atoms with van der Waals surface area (Å²) in [5, 5.41) is 0. The van der Waals surface area contributed by atoms with Crippen molar-refractivity contribution in [3.05, 3.63) is 29.8 Å². The molecule has 1 aromatic rings. The Bertz CT molecular complexity index is 458. The van der Waals surface area contributed by atoms with Crippen LogP contribution in [-0.4, -0.2) is 30.1 Å². The molecule has 0 aliphatic carbocycles. The molecule has 0 aromatic heterocycles. The van der Waals surface area contributed by atoms with Crippen molar-refractivity contribution in [3.63, 3.8) is 0 Å². The average Bonchev–Trinajstić information content (AvgIpc) is 2.83. The van der Waals surface area contributed by atoms with Crippen LogP contribution in [0.4, 0.5) is 5.69 Å². The molecule has 0 bridgehead atoms. The predicted octanol–water partition coefficient (Wildman–Crippen LogP) is 2.41. The first-order valence-electron chi connectivity index (χ1n) is 6.91. The van der Waals surface area contributed by atoms with Gasteiger partial charge in [0.25, 0.3) is 0 Å². The fraction of sp³-hybridized carbons (Fsp3) is 0.533. The summed E-state index contributed by atoms with van der Waals surface area (Å²) in [6.07, 6.45) is 4.27. The van der Waals surface area contributed by atoms with E-state index in [0.29, 0.717) is 5.91 Å². The Labute approximate surface area is 108 Å². The van der Waals surface area contributed by atoms with E-state index in [1.807, 2.05) is 4.90 Å². The number of rotatable bonds is 2. The molecule has 2 heterocycles. The van der Waals surface area contributed by atoms with E-state index in [-0.39, 0.29) is 6.17 Å². The lowest BCUT2D eigenvalue weighted by Gasteiger charge is -2.40. The molecule has 1 amide bonds. The first-order chi connectivity index (χ1) is 8.77. The highest BCUT2D eigenvalue weighted by molar-refractivity contribution is 5.79. The maximum absolute atomic E-state index is 11.9. The van der Waals surface area contributed by atoms with Crippen molar-refractivity contribution in [2.75, 3.05) is 18.0 Å². The van der Waals surface area contributed by atoms with Crippen molar-refractivity contribution in [1.82, 2.24) is 4.90 Å². The average molecular weight is 244 g/mol. The van der Waals surface area contributed by atoms with Crippen LogP contribution in [0.25, 0.3) is 0 Å². The standard InChI is InChI=1S/C15H20N2O/c1-12(17-11-5-9-15(17)18)16-10-4-7-13-6-2-3-8-14(13)16/h2-3,6,8,12H,4-5,7,9-11H2,1H3. The fourth-order valence-corrected chi connectivity index (χ4v) is 3.18. The molecule has 96 valence electrons. The summed E-state index contributed by atoms with van der Waals surface area (Å²) in [6, 6.07) is 8.59. The third kappa shape index (κ3) is 1.88. The van der Waals surface area contributed by atoms with Crippen LogP contribution in [0.5, 0.6) is 0 Å². The van der Waals surface area contributed by atoms with E-state index in [1.165, 1.54) is 17.7 Å². The summed E-state index contributed by atoms with van der Waals surface area (Å²) in [6.45, 7) is 4.13. The summed E-state index contributed by atoms with van der Waals surface area (Å²) < 4.78 is 0. The highest BCUT2D eigenvalue weighted by atomic mass is 16.2. The number of nitrogens with zero attached hydrogens (tertiary/aromatic N) is 2. The van der Waals surface area contributed by atoms with E-state index < -0.39 is 0 Å². The zero-order valence-corrected chi connectivity index (χ0v) is 10.9. The second-order valence-electron chi connectivity index (χ2n) is 5.25. The van der Waals surface area contributed by atoms with E-state index in [1.54, 1.807) is 0 Å². The largest absolute Gasteiger partial charge is 0.351 e. The van der Waals surface area contributed by atoms with E-state index in [9.17, 15) is 4.79 Å². The molecule has 18 heavy (non-hydrogen) atoms. The number of likely N-dealkylation sites (tertiary alicyclic amines) is 1. The van der Waals surface area contributed by atoms with Crippen LogP contribution >= 0.6 is 0 Å². The van der Waals surface area contributed by atoms with Gasteiger partial charge in [-0.05, 0) is 37.8 Å². The zero-order valence-electron chi connectivity index (χ0n) is 10.9. The van der Waals surface area contributed by atoms with Gasteiger partial charge in [0.05, 0.1) is 0 Å². The van der Waals surface area contributed by atoms with Gasteiger partial charge >= 0.3 is 0 Å². The van der Waals surface area contributed by atoms with Gasteiger partial charge in [-0.1, -0.05) is 18.2 Å². The Hall–Kier alpha value is -1.51. The topological polar surface area (TPSA) is 23.6 Å². The molecule has 1 atom stereocenters. The molecule has 1 unspecified atom stereocenters. The number of carbonyl (C=O) groups excluding carboxylic acids is 1. The Morgan fingerprint density at radius 2 is 1.78 bits per heavy atom. The molecular formula is C15H20N2O. The lowest BCUT2D eigenvalue weighted by molar-refractivity contribution is -0.129. The molecule has 1 aromatic carbocycles. The maximum Gasteiger partial charge on any atom is 0.224 e. The number of fused-ring (bicyclic) bond motifs is 1. The number of carbonyl (C=O) groups is 1. The third-order valence-corrected chi connectivity index (χ3v) is 4.16. The molecule has 2 aliphatic heterocycles. The number of aryl methyl sites for hydroxylation is 1. The van der Waals surface area contributed by atoms with Crippen LogP contribution in [0.2, 0.25) is 0 Å². The molecule has 1 saturated heterocycles. The van der Waals surface area contributed by atoms with Crippen molar-refractivity contribution in [2.24, 2.45) is 0 Å². The van der Waals surface area contributed by atoms with Gasteiger partial charge in [-0.2, -0.15) is 0 Å². The second kappa shape index (κ2) is 4.63. The van der Waals surface area contributed by atoms with Crippen LogP contribution in [-0.2, 0) is 11.2 Å². The smallest absolute Gasteiger partial charge is 0.224 e. The molecule has 1 fully saturated rings. The van der Waals surface area contributed by atoms with E-state index in [0.717, 1.165) is 32.4 Å². The summed E-state index contributed by atoms with van der Waals surface area (Å²) in [5.41, 5.74) is 2.73. The Morgan fingerprint density at radius 3 is 2.56 bits per heavy atom. The van der Waals surface area contributed by atoms with E-state index in [4.69, 9.17) is 0 Å². The summed E-state index contributed by atoms with van der Waals surface area (Å²) in [4.78, 5) is 16.3. The highest BCUT2D eigenvalue weighted by Gasteiger charge is 2.30. The van der Waals surface area contributed by atoms with Crippen molar-refractivity contribution < 1.29 is 4.79 Å². The minimum Gasteiger partial charge on any atom is -0.351 e. The first-order valence-corrected chi connectivity index (χ1v) is 6.91. The van der Waals surface area contributed by atoms with Gasteiger partial charge in [0, 0.05) is 25.2 Å². The van der Waals surface area contributed by atoms with Crippen molar-refractivity contribution >= 4 is 11.6 Å². The molecule has 2 aliphatic rings.